The van der Waals surface area contributed by atoms with Crippen LogP contribution in [0.3, 0.4) is 0 Å². The normalized spacial score (nSPS) is 11.4. The van der Waals surface area contributed by atoms with E-state index in [4.69, 9.17) is 10.8 Å². The molecule has 0 saturated heterocycles. The zero-order valence-corrected chi connectivity index (χ0v) is 10.7. The SMILES string of the molecule is NC(=O)CC(NC(=O)NCCc1cccnc1)C(=O)O. The van der Waals surface area contributed by atoms with Gasteiger partial charge in [0.25, 0.3) is 0 Å². The van der Waals surface area contributed by atoms with E-state index in [1.807, 2.05) is 6.07 Å². The molecule has 1 aromatic rings. The van der Waals surface area contributed by atoms with Crippen LogP contribution in [0.25, 0.3) is 0 Å². The second kappa shape index (κ2) is 7.72. The molecule has 8 heteroatoms. The topological polar surface area (TPSA) is 134 Å². The number of nitrogens with one attached hydrogen (secondary N) is 2. The number of hydrogen-bond acceptors (Lipinski definition) is 4. The highest BCUT2D eigenvalue weighted by molar-refractivity contribution is 5.87. The number of carboxylic acid groups (broad SMARTS) is 1. The first-order valence-corrected chi connectivity index (χ1v) is 5.93. The molecular formula is C12H16N4O4. The molecule has 0 radical (unpaired) electrons. The largest absolute Gasteiger partial charge is 0.480 e. The second-order valence-electron chi connectivity index (χ2n) is 4.07. The molecule has 3 amide bonds. The van der Waals surface area contributed by atoms with Crippen LogP contribution in [-0.4, -0.2) is 40.6 Å². The molecule has 1 unspecified atom stereocenters. The van der Waals surface area contributed by atoms with Crippen molar-refractivity contribution in [1.29, 1.82) is 0 Å². The molecule has 108 valence electrons. The quantitative estimate of drug-likeness (QED) is 0.521. The Hall–Kier alpha value is -2.64. The predicted molar refractivity (Wildman–Crippen MR) is 69.7 cm³/mol. The summed E-state index contributed by atoms with van der Waals surface area (Å²) < 4.78 is 0. The maximum atomic E-state index is 11.5. The standard InChI is InChI=1S/C12H16N4O4/c13-10(17)6-9(11(18)19)16-12(20)15-5-3-8-2-1-4-14-7-8/h1-2,4,7,9H,3,5-6H2,(H2,13,17)(H,18,19)(H2,15,16,20). The van der Waals surface area contributed by atoms with Gasteiger partial charge in [0, 0.05) is 18.9 Å². The van der Waals surface area contributed by atoms with E-state index in [-0.39, 0.29) is 0 Å². The van der Waals surface area contributed by atoms with Crippen LogP contribution in [0.15, 0.2) is 24.5 Å². The molecule has 8 nitrogen and oxygen atoms in total. The van der Waals surface area contributed by atoms with Gasteiger partial charge in [-0.2, -0.15) is 0 Å². The zero-order valence-electron chi connectivity index (χ0n) is 10.7. The molecule has 0 aliphatic carbocycles. The van der Waals surface area contributed by atoms with Gasteiger partial charge in [-0.1, -0.05) is 6.07 Å². The monoisotopic (exact) mass is 280 g/mol. The van der Waals surface area contributed by atoms with Gasteiger partial charge in [-0.25, -0.2) is 9.59 Å². The third kappa shape index (κ3) is 5.80. The molecule has 1 aromatic heterocycles. The average Bonchev–Trinajstić information content (AvgIpc) is 2.38. The number of hydrogen-bond donors (Lipinski definition) is 4. The number of pyridine rings is 1. The molecule has 20 heavy (non-hydrogen) atoms. The lowest BCUT2D eigenvalue weighted by atomic mass is 10.2. The summed E-state index contributed by atoms with van der Waals surface area (Å²) in [6.07, 6.45) is 3.43. The summed E-state index contributed by atoms with van der Waals surface area (Å²) in [5, 5.41) is 13.5. The van der Waals surface area contributed by atoms with Gasteiger partial charge in [0.15, 0.2) is 0 Å². The highest BCUT2D eigenvalue weighted by Gasteiger charge is 2.21. The van der Waals surface area contributed by atoms with Gasteiger partial charge in [-0.15, -0.1) is 0 Å². The van der Waals surface area contributed by atoms with E-state index in [2.05, 4.69) is 15.6 Å². The Balaban J connectivity index is 2.35. The van der Waals surface area contributed by atoms with E-state index < -0.39 is 30.4 Å². The predicted octanol–water partition coefficient (Wildman–Crippen LogP) is -0.748. The molecule has 1 rings (SSSR count). The van der Waals surface area contributed by atoms with Gasteiger partial charge in [0.05, 0.1) is 6.42 Å². The van der Waals surface area contributed by atoms with E-state index >= 15 is 0 Å². The lowest BCUT2D eigenvalue weighted by Crippen LogP contribution is -2.48. The molecular weight excluding hydrogens is 264 g/mol. The van der Waals surface area contributed by atoms with E-state index in [0.717, 1.165) is 5.56 Å². The molecule has 0 saturated carbocycles. The molecule has 0 aromatic carbocycles. The Morgan fingerprint density at radius 2 is 2.15 bits per heavy atom. The number of primary amides is 1. The molecule has 0 bridgehead atoms. The number of nitrogens with two attached hydrogens (primary N) is 1. The number of carboxylic acids is 1. The van der Waals surface area contributed by atoms with Gasteiger partial charge in [0.2, 0.25) is 5.91 Å². The number of carbonyl (C=O) groups is 3. The lowest BCUT2D eigenvalue weighted by molar-refractivity contribution is -0.140. The third-order valence-electron chi connectivity index (χ3n) is 2.43. The first-order chi connectivity index (χ1) is 9.49. The molecule has 5 N–H and O–H groups in total. The lowest BCUT2D eigenvalue weighted by Gasteiger charge is -2.13. The minimum absolute atomic E-state index is 0.320. The van der Waals surface area contributed by atoms with Crippen LogP contribution < -0.4 is 16.4 Å². The van der Waals surface area contributed by atoms with Crippen molar-refractivity contribution in [3.8, 4) is 0 Å². The number of aliphatic carboxylic acids is 1. The summed E-state index contributed by atoms with van der Waals surface area (Å²) in [5.41, 5.74) is 5.85. The van der Waals surface area contributed by atoms with Crippen LogP contribution in [-0.2, 0) is 16.0 Å². The molecule has 0 fully saturated rings. The Morgan fingerprint density at radius 3 is 2.70 bits per heavy atom. The molecule has 1 heterocycles. The van der Waals surface area contributed by atoms with Crippen molar-refractivity contribution in [3.05, 3.63) is 30.1 Å². The second-order valence-corrected chi connectivity index (χ2v) is 4.07. The van der Waals surface area contributed by atoms with Gasteiger partial charge < -0.3 is 21.5 Å². The number of urea groups is 1. The van der Waals surface area contributed by atoms with Gasteiger partial charge in [-0.05, 0) is 18.1 Å². The maximum absolute atomic E-state index is 11.5. The van der Waals surface area contributed by atoms with E-state index in [1.54, 1.807) is 18.5 Å². The van der Waals surface area contributed by atoms with E-state index in [0.29, 0.717) is 13.0 Å². The van der Waals surface area contributed by atoms with Crippen molar-refractivity contribution in [2.75, 3.05) is 6.54 Å². The summed E-state index contributed by atoms with van der Waals surface area (Å²) in [6.45, 7) is 0.320. The number of aromatic nitrogens is 1. The van der Waals surface area contributed by atoms with Crippen LogP contribution in [0.4, 0.5) is 4.79 Å². The van der Waals surface area contributed by atoms with Crippen LogP contribution in [0.2, 0.25) is 0 Å². The molecule has 1 atom stereocenters. The molecule has 0 spiro atoms. The smallest absolute Gasteiger partial charge is 0.326 e. The van der Waals surface area contributed by atoms with Crippen molar-refractivity contribution in [2.45, 2.75) is 18.9 Å². The summed E-state index contributed by atoms with van der Waals surface area (Å²) in [6, 6.07) is 1.65. The molecule has 0 aliphatic rings. The Kier molecular flexibility index (Phi) is 5.95. The average molecular weight is 280 g/mol. The summed E-state index contributed by atoms with van der Waals surface area (Å²) in [4.78, 5) is 36.9. The van der Waals surface area contributed by atoms with Gasteiger partial charge in [0.1, 0.15) is 6.04 Å². The zero-order chi connectivity index (χ0) is 15.0. The van der Waals surface area contributed by atoms with Crippen molar-refractivity contribution in [1.82, 2.24) is 15.6 Å². The molecule has 0 aliphatic heterocycles. The van der Waals surface area contributed by atoms with Crippen LogP contribution >= 0.6 is 0 Å². The Morgan fingerprint density at radius 1 is 1.40 bits per heavy atom. The van der Waals surface area contributed by atoms with E-state index in [9.17, 15) is 14.4 Å². The number of carbonyl (C=O) groups excluding carboxylic acids is 2. The highest BCUT2D eigenvalue weighted by atomic mass is 16.4. The first kappa shape index (κ1) is 15.4. The highest BCUT2D eigenvalue weighted by Crippen LogP contribution is 1.96. The van der Waals surface area contributed by atoms with Crippen LogP contribution in [0, 0.1) is 0 Å². The third-order valence-corrected chi connectivity index (χ3v) is 2.43. The summed E-state index contributed by atoms with van der Waals surface area (Å²) in [5.74, 6) is -2.11. The number of nitrogens with zero attached hydrogens (tertiary/aromatic N) is 1. The number of amides is 3. The van der Waals surface area contributed by atoms with Gasteiger partial charge >= 0.3 is 12.0 Å². The Bertz CT molecular complexity index is 478. The number of rotatable bonds is 7. The fourth-order valence-electron chi connectivity index (χ4n) is 1.48. The van der Waals surface area contributed by atoms with E-state index in [1.165, 1.54) is 0 Å². The summed E-state index contributed by atoms with van der Waals surface area (Å²) >= 11 is 0. The van der Waals surface area contributed by atoms with Crippen molar-refractivity contribution >= 4 is 17.9 Å². The van der Waals surface area contributed by atoms with Crippen molar-refractivity contribution < 1.29 is 19.5 Å². The Labute approximate surface area is 115 Å². The minimum Gasteiger partial charge on any atom is -0.480 e. The summed E-state index contributed by atoms with van der Waals surface area (Å²) in [7, 11) is 0. The van der Waals surface area contributed by atoms with Crippen LogP contribution in [0.5, 0.6) is 0 Å². The van der Waals surface area contributed by atoms with Crippen molar-refractivity contribution in [2.24, 2.45) is 5.73 Å². The van der Waals surface area contributed by atoms with Crippen molar-refractivity contribution in [3.63, 3.8) is 0 Å². The fraction of sp³-hybridized carbons (Fsp3) is 0.333. The van der Waals surface area contributed by atoms with Crippen LogP contribution in [0.1, 0.15) is 12.0 Å². The fourth-order valence-corrected chi connectivity index (χ4v) is 1.48. The minimum atomic E-state index is -1.33. The first-order valence-electron chi connectivity index (χ1n) is 5.93. The maximum Gasteiger partial charge on any atom is 0.326 e. The van der Waals surface area contributed by atoms with Gasteiger partial charge in [-0.3, -0.25) is 9.78 Å².